The Morgan fingerprint density at radius 3 is 1.58 bits per heavy atom. The number of rotatable bonds is 18. The summed E-state index contributed by atoms with van der Waals surface area (Å²) in [5.74, 6) is 4.85. The number of aliphatic hydroxyl groups is 12. The van der Waals surface area contributed by atoms with Crippen molar-refractivity contribution in [1.29, 1.82) is 0 Å². The molecule has 0 amide bonds. The molecule has 0 aromatic rings. The summed E-state index contributed by atoms with van der Waals surface area (Å²) < 4.78 is 46.7. The van der Waals surface area contributed by atoms with Gasteiger partial charge in [-0.2, -0.15) is 4.91 Å². The summed E-state index contributed by atoms with van der Waals surface area (Å²) in [6, 6.07) is -1.84. The molecule has 0 aromatic heterocycles. The van der Waals surface area contributed by atoms with Gasteiger partial charge in [0.1, 0.15) is 91.6 Å². The Kier molecular flexibility index (Phi) is 19.1. The molecule has 73 heavy (non-hydrogen) atoms. The minimum Gasteiger partial charge on any atom is -0.394 e. The van der Waals surface area contributed by atoms with Crippen molar-refractivity contribution in [2.75, 3.05) is 26.4 Å². The molecule has 8 aliphatic rings. The molecule has 29 atom stereocenters. The lowest BCUT2D eigenvalue weighted by molar-refractivity contribution is -0.383. The quantitative estimate of drug-likeness (QED) is 0.0610. The number of ether oxygens (including phenoxy) is 8. The maximum Gasteiger partial charge on any atom is 0.187 e. The fraction of sp³-hybridized carbons (Fsp3) is 1.00. The third kappa shape index (κ3) is 11.2. The maximum atomic E-state index is 12.2. The van der Waals surface area contributed by atoms with Gasteiger partial charge in [-0.1, -0.05) is 59.1 Å². The summed E-state index contributed by atoms with van der Waals surface area (Å²) in [7, 11) is 0. The van der Waals surface area contributed by atoms with E-state index in [-0.39, 0.29) is 11.5 Å². The molecule has 8 rings (SSSR count). The number of fused-ring (bicyclic) bond motifs is 5. The van der Waals surface area contributed by atoms with Gasteiger partial charge in [0.15, 0.2) is 31.2 Å². The molecule has 8 fully saturated rings. The lowest BCUT2D eigenvalue weighted by Crippen LogP contribution is -2.67. The number of hydrogen-bond acceptors (Lipinski definition) is 22. The van der Waals surface area contributed by atoms with E-state index in [2.05, 4.69) is 39.8 Å². The summed E-state index contributed by atoms with van der Waals surface area (Å²) in [5, 5.41) is 131. The second-order valence-electron chi connectivity index (χ2n) is 23.9. The van der Waals surface area contributed by atoms with Crippen molar-refractivity contribution in [2.45, 2.75) is 241 Å². The molecule has 422 valence electrons. The van der Waals surface area contributed by atoms with Crippen LogP contribution >= 0.6 is 0 Å². The van der Waals surface area contributed by atoms with E-state index in [4.69, 9.17) is 37.9 Å². The second-order valence-corrected chi connectivity index (χ2v) is 23.9. The molecule has 22 nitrogen and oxygen atoms in total. The van der Waals surface area contributed by atoms with E-state index < -0.39 is 149 Å². The van der Waals surface area contributed by atoms with Crippen molar-refractivity contribution in [1.82, 2.24) is 0 Å². The lowest BCUT2D eigenvalue weighted by Gasteiger charge is -2.61. The Bertz CT molecular complexity index is 1770. The molecule has 18 unspecified atom stereocenters. The molecule has 4 aliphatic carbocycles. The summed E-state index contributed by atoms with van der Waals surface area (Å²) >= 11 is 0. The molecule has 12 N–H and O–H groups in total. The van der Waals surface area contributed by atoms with Crippen LogP contribution in [0, 0.1) is 57.2 Å². The number of nitroso groups, excluding NO2 is 1. The van der Waals surface area contributed by atoms with Gasteiger partial charge in [0.2, 0.25) is 0 Å². The Balaban J connectivity index is 0.851. The first-order valence-corrected chi connectivity index (χ1v) is 27.2. The van der Waals surface area contributed by atoms with Gasteiger partial charge in [0.05, 0.1) is 32.5 Å². The smallest absolute Gasteiger partial charge is 0.187 e. The Morgan fingerprint density at radius 2 is 1.01 bits per heavy atom. The first-order valence-electron chi connectivity index (χ1n) is 27.2. The van der Waals surface area contributed by atoms with Crippen LogP contribution in [-0.4, -0.2) is 217 Å². The van der Waals surface area contributed by atoms with Crippen LogP contribution < -0.4 is 0 Å². The molecule has 4 saturated heterocycles. The van der Waals surface area contributed by atoms with Gasteiger partial charge in [-0.15, -0.1) is 0 Å². The van der Waals surface area contributed by atoms with Crippen molar-refractivity contribution in [3.8, 4) is 0 Å². The number of hydrogen-bond donors (Lipinski definition) is 12. The van der Waals surface area contributed by atoms with Crippen molar-refractivity contribution < 1.29 is 99.2 Å². The average molecular weight is 1050 g/mol. The highest BCUT2D eigenvalue weighted by Gasteiger charge is 2.62. The third-order valence-corrected chi connectivity index (χ3v) is 19.5. The van der Waals surface area contributed by atoms with Crippen molar-refractivity contribution >= 4 is 0 Å². The van der Waals surface area contributed by atoms with Crippen molar-refractivity contribution in [3.63, 3.8) is 0 Å². The molecule has 0 spiro atoms. The largest absolute Gasteiger partial charge is 0.394 e. The molecule has 4 saturated carbocycles. The minimum atomic E-state index is -2.04. The Morgan fingerprint density at radius 1 is 0.521 bits per heavy atom. The van der Waals surface area contributed by atoms with Gasteiger partial charge in [0.25, 0.3) is 0 Å². The SMILES string of the molecule is CC(C)CCCC(C)C1CCC2C3CCC4C[C@@H](O[C@@H]5OC(CO)[C@@H](O[C@H]6OC(CO)[C@@H](O[C@H]7OC(CO)[C@@H](O[C@H]8OC(CO)[C@@H](O)C(O)C8O)C(N=O)C7O)C(O)C6O)C(O)C5O)CC[C@]4(C)C3CC[C@]12C. The summed E-state index contributed by atoms with van der Waals surface area (Å²) in [4.78, 5) is 12.2. The molecule has 0 bridgehead atoms. The second kappa shape index (κ2) is 24.0. The van der Waals surface area contributed by atoms with Gasteiger partial charge < -0.3 is 99.2 Å². The van der Waals surface area contributed by atoms with Gasteiger partial charge in [-0.25, -0.2) is 0 Å². The Hall–Kier alpha value is -1.20. The normalized spacial score (nSPS) is 51.8. The van der Waals surface area contributed by atoms with Gasteiger partial charge in [-0.3, -0.25) is 0 Å². The molecular formula is C51H87NO21. The fourth-order valence-corrected chi connectivity index (χ4v) is 15.3. The standard InChI is InChI=1S/C51H87NO21/c1-22(2)7-6-8-23(3)27-11-12-28-26-10-9-24-17-25(13-15-50(24,4)29(26)14-16-51(27,28)5)66-47-41(63)38(60)45(32(20-55)69-47)73-49-42(64)39(61)44(33(21-56)70-49)72-46-36(58)34(52-65)43(31(19-54)68-46)71-48-40(62)37(59)35(57)30(18-53)67-48/h22-49,53-64H,6-21H2,1-5H3/t23?,24?,25-,26?,27?,28?,29?,30?,31?,32?,33?,34?,35+,36?,37?,38?,39?,40?,41?,42?,43+,44+,45+,46+,47+,48+,49+,50-,51+/m0/s1. The average Bonchev–Trinajstić information content (AvgIpc) is 3.73. The molecule has 0 radical (unpaired) electrons. The molecule has 4 heterocycles. The summed E-state index contributed by atoms with van der Waals surface area (Å²) in [6.07, 6.45) is -18.9. The summed E-state index contributed by atoms with van der Waals surface area (Å²) in [5.41, 5.74) is 0.570. The predicted octanol–water partition coefficient (Wildman–Crippen LogP) is -0.460. The Labute approximate surface area is 427 Å². The van der Waals surface area contributed by atoms with E-state index >= 15 is 0 Å². The van der Waals surface area contributed by atoms with Gasteiger partial charge in [-0.05, 0) is 110 Å². The zero-order valence-electron chi connectivity index (χ0n) is 43.0. The fourth-order valence-electron chi connectivity index (χ4n) is 15.3. The van der Waals surface area contributed by atoms with E-state index in [0.29, 0.717) is 17.3 Å². The van der Waals surface area contributed by atoms with Crippen LogP contribution in [0.25, 0.3) is 0 Å². The number of aliphatic hydroxyl groups excluding tert-OH is 12. The third-order valence-electron chi connectivity index (χ3n) is 19.5. The lowest BCUT2D eigenvalue weighted by atomic mass is 9.44. The molecule has 22 heteroatoms. The maximum absolute atomic E-state index is 12.2. The zero-order valence-corrected chi connectivity index (χ0v) is 43.0. The van der Waals surface area contributed by atoms with Gasteiger partial charge in [0, 0.05) is 0 Å². The van der Waals surface area contributed by atoms with Gasteiger partial charge >= 0.3 is 0 Å². The van der Waals surface area contributed by atoms with E-state index in [0.717, 1.165) is 55.3 Å². The summed E-state index contributed by atoms with van der Waals surface area (Å²) in [6.45, 7) is 8.92. The van der Waals surface area contributed by atoms with Crippen LogP contribution in [0.3, 0.4) is 0 Å². The minimum absolute atomic E-state index is 0.170. The van der Waals surface area contributed by atoms with Crippen molar-refractivity contribution in [2.24, 2.45) is 57.4 Å². The van der Waals surface area contributed by atoms with E-state index in [1.807, 2.05) is 0 Å². The van der Waals surface area contributed by atoms with Crippen LogP contribution in [-0.2, 0) is 37.9 Å². The van der Waals surface area contributed by atoms with E-state index in [9.17, 15) is 66.2 Å². The van der Waals surface area contributed by atoms with Crippen LogP contribution in [0.4, 0.5) is 0 Å². The molecule has 4 aliphatic heterocycles. The van der Waals surface area contributed by atoms with E-state index in [1.54, 1.807) is 0 Å². The first-order chi connectivity index (χ1) is 34.7. The van der Waals surface area contributed by atoms with Crippen LogP contribution in [0.5, 0.6) is 0 Å². The topological polar surface area (TPSA) is 346 Å². The predicted molar refractivity (Wildman–Crippen MR) is 253 cm³/mol. The highest BCUT2D eigenvalue weighted by Crippen LogP contribution is 2.68. The van der Waals surface area contributed by atoms with Crippen LogP contribution in [0.1, 0.15) is 112 Å². The zero-order chi connectivity index (χ0) is 52.8. The molecular weight excluding hydrogens is 963 g/mol. The first kappa shape index (κ1) is 58.0. The highest BCUT2D eigenvalue weighted by atomic mass is 16.8. The number of nitrogens with zero attached hydrogens (tertiary/aromatic N) is 1. The molecule has 0 aromatic carbocycles. The van der Waals surface area contributed by atoms with E-state index in [1.165, 1.54) is 51.4 Å². The monoisotopic (exact) mass is 1050 g/mol. The van der Waals surface area contributed by atoms with Crippen LogP contribution in [0.15, 0.2) is 5.18 Å². The highest BCUT2D eigenvalue weighted by molar-refractivity contribution is 5.10. The van der Waals surface area contributed by atoms with Crippen LogP contribution in [0.2, 0.25) is 0 Å². The van der Waals surface area contributed by atoms with Crippen molar-refractivity contribution in [3.05, 3.63) is 4.91 Å².